The summed E-state index contributed by atoms with van der Waals surface area (Å²) in [5, 5.41) is 10.2. The molecule has 0 amide bonds. The molecule has 1 aliphatic rings. The molecule has 128 valence electrons. The summed E-state index contributed by atoms with van der Waals surface area (Å²) in [5.74, 6) is 0.870. The van der Waals surface area contributed by atoms with Crippen molar-refractivity contribution in [1.29, 1.82) is 0 Å². The number of rotatable bonds is 6. The molecule has 0 unspecified atom stereocenters. The first-order valence-corrected chi connectivity index (χ1v) is 9.25. The zero-order chi connectivity index (χ0) is 16.7. The summed E-state index contributed by atoms with van der Waals surface area (Å²) in [6, 6.07) is 0.490. The lowest BCUT2D eigenvalue weighted by Crippen LogP contribution is -2.48. The Balaban J connectivity index is 1.74. The number of hydrogen-bond donors (Lipinski definition) is 2. The van der Waals surface area contributed by atoms with Crippen LogP contribution in [0.3, 0.4) is 0 Å². The van der Waals surface area contributed by atoms with E-state index < -0.39 is 0 Å². The van der Waals surface area contributed by atoms with Crippen molar-refractivity contribution in [3.63, 3.8) is 0 Å². The highest BCUT2D eigenvalue weighted by Gasteiger charge is 2.19. The topological polar surface area (TPSA) is 52.5 Å². The van der Waals surface area contributed by atoms with Gasteiger partial charge in [-0.2, -0.15) is 0 Å². The molecule has 0 aromatic carbocycles. The van der Waals surface area contributed by atoms with E-state index in [1.807, 2.05) is 7.05 Å². The molecule has 0 spiro atoms. The van der Waals surface area contributed by atoms with Gasteiger partial charge in [-0.15, -0.1) is 11.3 Å². The number of likely N-dealkylation sites (tertiary alicyclic amines) is 1. The van der Waals surface area contributed by atoms with Gasteiger partial charge in [0.15, 0.2) is 5.96 Å². The van der Waals surface area contributed by atoms with Gasteiger partial charge in [0.05, 0.1) is 17.2 Å². The molecule has 1 fully saturated rings. The third kappa shape index (κ3) is 5.95. The molecular weight excluding hydrogens is 306 g/mol. The van der Waals surface area contributed by atoms with E-state index in [1.54, 1.807) is 11.3 Å². The van der Waals surface area contributed by atoms with Crippen LogP contribution < -0.4 is 10.6 Å². The van der Waals surface area contributed by atoms with Crippen molar-refractivity contribution in [2.45, 2.75) is 45.7 Å². The van der Waals surface area contributed by atoms with Gasteiger partial charge < -0.3 is 10.6 Å². The number of aliphatic imine (C=N–C) groups is 1. The summed E-state index contributed by atoms with van der Waals surface area (Å²) in [5.41, 5.74) is 2.33. The zero-order valence-electron chi connectivity index (χ0n) is 14.6. The molecule has 2 heterocycles. The first-order valence-electron chi connectivity index (χ1n) is 8.38. The van der Waals surface area contributed by atoms with Crippen molar-refractivity contribution in [2.24, 2.45) is 4.99 Å². The highest BCUT2D eigenvalue weighted by Crippen LogP contribution is 2.12. The number of aryl methyl sites for hydroxylation is 1. The smallest absolute Gasteiger partial charge is 0.191 e. The lowest BCUT2D eigenvalue weighted by atomic mass is 10.0. The van der Waals surface area contributed by atoms with Gasteiger partial charge in [-0.3, -0.25) is 9.89 Å². The van der Waals surface area contributed by atoms with Crippen LogP contribution in [0, 0.1) is 0 Å². The minimum atomic E-state index is 0.490. The second-order valence-corrected chi connectivity index (χ2v) is 7.11. The fourth-order valence-electron chi connectivity index (χ4n) is 2.77. The van der Waals surface area contributed by atoms with Gasteiger partial charge >= 0.3 is 0 Å². The Bertz CT molecular complexity index is 529. The van der Waals surface area contributed by atoms with E-state index in [0.29, 0.717) is 6.04 Å². The van der Waals surface area contributed by atoms with Crippen molar-refractivity contribution in [3.8, 4) is 0 Å². The largest absolute Gasteiger partial charge is 0.354 e. The van der Waals surface area contributed by atoms with E-state index >= 15 is 0 Å². The Kier molecular flexibility index (Phi) is 7.05. The molecule has 0 bridgehead atoms. The molecule has 0 radical (unpaired) electrons. The van der Waals surface area contributed by atoms with Gasteiger partial charge in [0, 0.05) is 38.1 Å². The molecule has 0 aliphatic carbocycles. The summed E-state index contributed by atoms with van der Waals surface area (Å²) in [6.45, 7) is 12.2. The fourth-order valence-corrected chi connectivity index (χ4v) is 3.52. The standard InChI is InChI=1S/C17H29N5S/c1-5-16-20-15(12-23-16)10-19-17(18-4)21-14-6-8-22(9-7-14)11-13(2)3/h12,14H,2,5-11H2,1,3-4H3,(H2,18,19,21). The van der Waals surface area contributed by atoms with E-state index in [-0.39, 0.29) is 0 Å². The lowest BCUT2D eigenvalue weighted by molar-refractivity contribution is 0.221. The summed E-state index contributed by atoms with van der Waals surface area (Å²) < 4.78 is 0. The van der Waals surface area contributed by atoms with Crippen LogP contribution in [0.2, 0.25) is 0 Å². The molecule has 5 nitrogen and oxygen atoms in total. The number of piperidine rings is 1. The average molecular weight is 336 g/mol. The molecule has 1 aromatic heterocycles. The molecule has 23 heavy (non-hydrogen) atoms. The maximum Gasteiger partial charge on any atom is 0.191 e. The minimum absolute atomic E-state index is 0.490. The summed E-state index contributed by atoms with van der Waals surface area (Å²) in [7, 11) is 1.82. The number of guanidine groups is 1. The number of thiazole rings is 1. The van der Waals surface area contributed by atoms with Crippen molar-refractivity contribution < 1.29 is 0 Å². The number of hydrogen-bond acceptors (Lipinski definition) is 4. The quantitative estimate of drug-likeness (QED) is 0.476. The highest BCUT2D eigenvalue weighted by molar-refractivity contribution is 7.09. The molecule has 0 atom stereocenters. The lowest BCUT2D eigenvalue weighted by Gasteiger charge is -2.33. The van der Waals surface area contributed by atoms with Crippen LogP contribution in [-0.2, 0) is 13.0 Å². The van der Waals surface area contributed by atoms with E-state index in [9.17, 15) is 0 Å². The predicted octanol–water partition coefficient (Wildman–Crippen LogP) is 2.41. The van der Waals surface area contributed by atoms with Gasteiger partial charge in [0.1, 0.15) is 0 Å². The fraction of sp³-hybridized carbons (Fsp3) is 0.647. The van der Waals surface area contributed by atoms with Gasteiger partial charge in [0.2, 0.25) is 0 Å². The van der Waals surface area contributed by atoms with Crippen LogP contribution in [0.15, 0.2) is 22.5 Å². The van der Waals surface area contributed by atoms with Crippen molar-refractivity contribution in [2.75, 3.05) is 26.7 Å². The third-order valence-electron chi connectivity index (χ3n) is 3.98. The Morgan fingerprint density at radius 2 is 2.22 bits per heavy atom. The predicted molar refractivity (Wildman–Crippen MR) is 99.1 cm³/mol. The maximum absolute atomic E-state index is 4.58. The molecule has 0 saturated carbocycles. The van der Waals surface area contributed by atoms with Gasteiger partial charge in [0.25, 0.3) is 0 Å². The van der Waals surface area contributed by atoms with Gasteiger partial charge in [-0.25, -0.2) is 4.98 Å². The molecule has 1 aromatic rings. The molecule has 6 heteroatoms. The molecule has 1 aliphatic heterocycles. The van der Waals surface area contributed by atoms with Crippen LogP contribution >= 0.6 is 11.3 Å². The molecular formula is C17H29N5S. The van der Waals surface area contributed by atoms with E-state index in [1.165, 1.54) is 10.6 Å². The van der Waals surface area contributed by atoms with Crippen molar-refractivity contribution in [1.82, 2.24) is 20.5 Å². The molecule has 2 rings (SSSR count). The van der Waals surface area contributed by atoms with E-state index in [4.69, 9.17) is 0 Å². The Labute approximate surface area is 143 Å². The normalized spacial score (nSPS) is 17.3. The first-order chi connectivity index (χ1) is 11.1. The van der Waals surface area contributed by atoms with E-state index in [0.717, 1.165) is 57.1 Å². The van der Waals surface area contributed by atoms with Crippen LogP contribution in [0.25, 0.3) is 0 Å². The highest BCUT2D eigenvalue weighted by atomic mass is 32.1. The Morgan fingerprint density at radius 1 is 1.48 bits per heavy atom. The molecule has 2 N–H and O–H groups in total. The van der Waals surface area contributed by atoms with Crippen LogP contribution in [-0.4, -0.2) is 48.6 Å². The number of nitrogens with one attached hydrogen (secondary N) is 2. The van der Waals surface area contributed by atoms with Crippen LogP contribution in [0.4, 0.5) is 0 Å². The van der Waals surface area contributed by atoms with Crippen LogP contribution in [0.5, 0.6) is 0 Å². The maximum atomic E-state index is 4.58. The van der Waals surface area contributed by atoms with E-state index in [2.05, 4.69) is 51.3 Å². The van der Waals surface area contributed by atoms with Gasteiger partial charge in [-0.1, -0.05) is 19.1 Å². The van der Waals surface area contributed by atoms with Crippen LogP contribution in [0.1, 0.15) is 37.4 Å². The summed E-state index contributed by atoms with van der Waals surface area (Å²) in [4.78, 5) is 11.4. The average Bonchev–Trinajstić information content (AvgIpc) is 3.00. The van der Waals surface area contributed by atoms with Crippen molar-refractivity contribution in [3.05, 3.63) is 28.2 Å². The SMILES string of the molecule is C=C(C)CN1CCC(NC(=NC)NCc2csc(CC)n2)CC1. The second-order valence-electron chi connectivity index (χ2n) is 6.16. The Morgan fingerprint density at radius 3 is 2.78 bits per heavy atom. The summed E-state index contributed by atoms with van der Waals surface area (Å²) >= 11 is 1.73. The Hall–Kier alpha value is -1.40. The first kappa shape index (κ1) is 17.9. The second kappa shape index (κ2) is 9.03. The number of aromatic nitrogens is 1. The third-order valence-corrected chi connectivity index (χ3v) is 5.03. The monoisotopic (exact) mass is 335 g/mol. The minimum Gasteiger partial charge on any atom is -0.354 e. The zero-order valence-corrected chi connectivity index (χ0v) is 15.4. The molecule has 1 saturated heterocycles. The summed E-state index contributed by atoms with van der Waals surface area (Å²) in [6.07, 6.45) is 3.29. The number of nitrogens with zero attached hydrogens (tertiary/aromatic N) is 3. The van der Waals surface area contributed by atoms with Crippen molar-refractivity contribution >= 4 is 17.3 Å². The van der Waals surface area contributed by atoms with Gasteiger partial charge in [-0.05, 0) is 26.2 Å².